The van der Waals surface area contributed by atoms with Gasteiger partial charge in [0.1, 0.15) is 17.5 Å². The lowest BCUT2D eigenvalue weighted by atomic mass is 10.2. The molecule has 0 bridgehead atoms. The van der Waals surface area contributed by atoms with Crippen LogP contribution in [0.15, 0.2) is 0 Å². The highest BCUT2D eigenvalue weighted by Gasteiger charge is 2.12. The molecule has 1 N–H and O–H groups in total. The second-order valence-electron chi connectivity index (χ2n) is 4.23. The summed E-state index contributed by atoms with van der Waals surface area (Å²) in [5.74, 6) is 2.95. The van der Waals surface area contributed by atoms with Gasteiger partial charge in [-0.1, -0.05) is 6.92 Å². The molecule has 96 valence electrons. The largest absolute Gasteiger partial charge is 0.370 e. The average Bonchev–Trinajstić information content (AvgIpc) is 2.32. The molecule has 0 spiro atoms. The smallest absolute Gasteiger partial charge is 0.137 e. The number of aromatic nitrogens is 2. The molecule has 0 unspecified atom stereocenters. The number of nitrogens with one attached hydrogen (secondary N) is 1. The second-order valence-corrected chi connectivity index (χ2v) is 4.23. The van der Waals surface area contributed by atoms with E-state index in [0.717, 1.165) is 49.0 Å². The number of hydrogen-bond acceptors (Lipinski definition) is 4. The van der Waals surface area contributed by atoms with E-state index in [2.05, 4.69) is 54.9 Å². The number of aryl methyl sites for hydroxylation is 1. The molecule has 0 aliphatic carbocycles. The fraction of sp³-hybridized carbons (Fsp3) is 0.692. The van der Waals surface area contributed by atoms with Crippen LogP contribution in [0.25, 0.3) is 0 Å². The quantitative estimate of drug-likeness (QED) is 0.824. The summed E-state index contributed by atoms with van der Waals surface area (Å²) in [6, 6.07) is 0. The summed E-state index contributed by atoms with van der Waals surface area (Å²) >= 11 is 0. The van der Waals surface area contributed by atoms with Crippen molar-refractivity contribution in [2.75, 3.05) is 30.4 Å². The zero-order chi connectivity index (χ0) is 12.8. The van der Waals surface area contributed by atoms with Crippen LogP contribution in [0.1, 0.15) is 38.6 Å². The lowest BCUT2D eigenvalue weighted by Gasteiger charge is -2.20. The van der Waals surface area contributed by atoms with Crippen LogP contribution in [0.3, 0.4) is 0 Å². The van der Waals surface area contributed by atoms with Crippen molar-refractivity contribution < 1.29 is 0 Å². The predicted octanol–water partition coefficient (Wildman–Crippen LogP) is 2.63. The van der Waals surface area contributed by atoms with Crippen LogP contribution in [0, 0.1) is 6.92 Å². The van der Waals surface area contributed by atoms with Crippen LogP contribution < -0.4 is 10.2 Å². The lowest BCUT2D eigenvalue weighted by Crippen LogP contribution is -2.21. The van der Waals surface area contributed by atoms with Crippen LogP contribution in [-0.4, -0.2) is 30.1 Å². The summed E-state index contributed by atoms with van der Waals surface area (Å²) in [6.07, 6.45) is 2.01. The van der Waals surface area contributed by atoms with Gasteiger partial charge in [-0.3, -0.25) is 0 Å². The Hall–Kier alpha value is -1.32. The van der Waals surface area contributed by atoms with Crippen LogP contribution in [0.5, 0.6) is 0 Å². The van der Waals surface area contributed by atoms with Crippen molar-refractivity contribution in [2.24, 2.45) is 0 Å². The van der Waals surface area contributed by atoms with E-state index < -0.39 is 0 Å². The monoisotopic (exact) mass is 236 g/mol. The van der Waals surface area contributed by atoms with Gasteiger partial charge in [0, 0.05) is 32.1 Å². The molecule has 0 aliphatic rings. The first kappa shape index (κ1) is 13.7. The summed E-state index contributed by atoms with van der Waals surface area (Å²) < 4.78 is 0. The molecule has 4 heteroatoms. The Bertz CT molecular complexity index is 363. The van der Waals surface area contributed by atoms with Gasteiger partial charge in [0.25, 0.3) is 0 Å². The summed E-state index contributed by atoms with van der Waals surface area (Å²) in [6.45, 7) is 10.3. The van der Waals surface area contributed by atoms with E-state index in [-0.39, 0.29) is 0 Å². The fourth-order valence-corrected chi connectivity index (χ4v) is 1.75. The molecule has 4 nitrogen and oxygen atoms in total. The molecule has 0 aromatic carbocycles. The Morgan fingerprint density at radius 3 is 2.41 bits per heavy atom. The molecule has 1 aromatic rings. The highest BCUT2D eigenvalue weighted by molar-refractivity contribution is 5.58. The van der Waals surface area contributed by atoms with Crippen LogP contribution in [0.4, 0.5) is 11.6 Å². The van der Waals surface area contributed by atoms with Crippen LogP contribution >= 0.6 is 0 Å². The molecule has 0 aliphatic heterocycles. The molecule has 0 amide bonds. The molecule has 17 heavy (non-hydrogen) atoms. The van der Waals surface area contributed by atoms with Gasteiger partial charge < -0.3 is 10.2 Å². The van der Waals surface area contributed by atoms with Crippen molar-refractivity contribution in [3.05, 3.63) is 11.4 Å². The maximum absolute atomic E-state index is 4.65. The minimum Gasteiger partial charge on any atom is -0.370 e. The standard InChI is InChI=1S/C13H24N4/c1-6-9-11-15-12(14-7-2)10(4)13(16-11)17(5)8-3/h6-9H2,1-5H3,(H,14,15,16). The third kappa shape index (κ3) is 3.32. The summed E-state index contributed by atoms with van der Waals surface area (Å²) in [5, 5.41) is 3.32. The molecule has 1 aromatic heterocycles. The van der Waals surface area contributed by atoms with Crippen molar-refractivity contribution in [1.82, 2.24) is 9.97 Å². The summed E-state index contributed by atoms with van der Waals surface area (Å²) in [5.41, 5.74) is 1.14. The minimum absolute atomic E-state index is 0.888. The molecule has 1 heterocycles. The summed E-state index contributed by atoms with van der Waals surface area (Å²) in [4.78, 5) is 11.4. The van der Waals surface area contributed by atoms with Gasteiger partial charge in [-0.05, 0) is 27.2 Å². The van der Waals surface area contributed by atoms with Gasteiger partial charge >= 0.3 is 0 Å². The van der Waals surface area contributed by atoms with Crippen molar-refractivity contribution in [3.63, 3.8) is 0 Å². The van der Waals surface area contributed by atoms with Crippen molar-refractivity contribution in [1.29, 1.82) is 0 Å². The Morgan fingerprint density at radius 1 is 1.18 bits per heavy atom. The van der Waals surface area contributed by atoms with Gasteiger partial charge in [0.05, 0.1) is 0 Å². The summed E-state index contributed by atoms with van der Waals surface area (Å²) in [7, 11) is 2.07. The van der Waals surface area contributed by atoms with Crippen LogP contribution in [-0.2, 0) is 6.42 Å². The average molecular weight is 236 g/mol. The maximum atomic E-state index is 4.65. The third-order valence-electron chi connectivity index (χ3n) is 2.82. The van der Waals surface area contributed by atoms with Crippen molar-refractivity contribution in [2.45, 2.75) is 40.5 Å². The highest BCUT2D eigenvalue weighted by Crippen LogP contribution is 2.22. The second kappa shape index (κ2) is 6.42. The highest BCUT2D eigenvalue weighted by atomic mass is 15.2. The normalized spacial score (nSPS) is 10.4. The first-order valence-electron chi connectivity index (χ1n) is 6.46. The Labute approximate surface area is 104 Å². The van der Waals surface area contributed by atoms with E-state index in [1.165, 1.54) is 0 Å². The maximum Gasteiger partial charge on any atom is 0.137 e. The van der Waals surface area contributed by atoms with E-state index in [1.807, 2.05) is 0 Å². The van der Waals surface area contributed by atoms with Crippen LogP contribution in [0.2, 0.25) is 0 Å². The molecule has 0 atom stereocenters. The zero-order valence-electron chi connectivity index (χ0n) is 11.7. The Kier molecular flexibility index (Phi) is 5.19. The molecular weight excluding hydrogens is 212 g/mol. The topological polar surface area (TPSA) is 41.1 Å². The van der Waals surface area contributed by atoms with Gasteiger partial charge in [-0.2, -0.15) is 0 Å². The van der Waals surface area contributed by atoms with E-state index in [1.54, 1.807) is 0 Å². The molecular formula is C13H24N4. The number of nitrogens with zero attached hydrogens (tertiary/aromatic N) is 3. The molecule has 0 radical (unpaired) electrons. The van der Waals surface area contributed by atoms with Gasteiger partial charge in [-0.25, -0.2) is 9.97 Å². The number of rotatable bonds is 6. The SMILES string of the molecule is CCCc1nc(NCC)c(C)c(N(C)CC)n1. The van der Waals surface area contributed by atoms with Crippen molar-refractivity contribution >= 4 is 11.6 Å². The Morgan fingerprint density at radius 2 is 1.88 bits per heavy atom. The molecule has 0 saturated heterocycles. The number of hydrogen-bond donors (Lipinski definition) is 1. The molecule has 0 saturated carbocycles. The first-order chi connectivity index (χ1) is 8.13. The van der Waals surface area contributed by atoms with Gasteiger partial charge in [0.15, 0.2) is 0 Å². The first-order valence-corrected chi connectivity index (χ1v) is 6.46. The predicted molar refractivity (Wildman–Crippen MR) is 73.9 cm³/mol. The minimum atomic E-state index is 0.888. The number of anilines is 2. The van der Waals surface area contributed by atoms with Gasteiger partial charge in [0.2, 0.25) is 0 Å². The van der Waals surface area contributed by atoms with Crippen molar-refractivity contribution in [3.8, 4) is 0 Å². The Balaban J connectivity index is 3.17. The lowest BCUT2D eigenvalue weighted by molar-refractivity contribution is 0.814. The van der Waals surface area contributed by atoms with E-state index >= 15 is 0 Å². The van der Waals surface area contributed by atoms with Gasteiger partial charge in [-0.15, -0.1) is 0 Å². The van der Waals surface area contributed by atoms with E-state index in [4.69, 9.17) is 0 Å². The fourth-order valence-electron chi connectivity index (χ4n) is 1.75. The third-order valence-corrected chi connectivity index (χ3v) is 2.82. The molecule has 0 fully saturated rings. The van der Waals surface area contributed by atoms with E-state index in [0.29, 0.717) is 0 Å². The molecule has 1 rings (SSSR count). The zero-order valence-corrected chi connectivity index (χ0v) is 11.7. The van der Waals surface area contributed by atoms with E-state index in [9.17, 15) is 0 Å².